The van der Waals surface area contributed by atoms with Gasteiger partial charge in [0.05, 0.1) is 17.5 Å². The molecule has 2 aliphatic carbocycles. The van der Waals surface area contributed by atoms with Crippen molar-refractivity contribution in [3.05, 3.63) is 69.8 Å². The zero-order valence-corrected chi connectivity index (χ0v) is 20.0. The molecule has 1 aromatic rings. The first kappa shape index (κ1) is 22.2. The van der Waals surface area contributed by atoms with Crippen LogP contribution in [0, 0.1) is 5.82 Å². The van der Waals surface area contributed by atoms with Crippen molar-refractivity contribution in [1.29, 1.82) is 0 Å². The lowest BCUT2D eigenvalue weighted by Gasteiger charge is -2.39. The summed E-state index contributed by atoms with van der Waals surface area (Å²) in [6.45, 7) is 1.37. The van der Waals surface area contributed by atoms with Crippen LogP contribution in [0.25, 0.3) is 11.6 Å². The summed E-state index contributed by atoms with van der Waals surface area (Å²) in [7, 11) is 3.86. The second-order valence-electron chi connectivity index (χ2n) is 10.2. The summed E-state index contributed by atoms with van der Waals surface area (Å²) in [5.74, 6) is -0.140. The van der Waals surface area contributed by atoms with Gasteiger partial charge in [-0.25, -0.2) is 4.39 Å². The Hall–Kier alpha value is -3.23. The second-order valence-corrected chi connectivity index (χ2v) is 10.2. The molecule has 5 aliphatic rings. The molecule has 182 valence electrons. The number of nitrogens with one attached hydrogen (secondary N) is 2. The number of likely N-dealkylation sites (N-methyl/N-ethyl adjacent to an activating group) is 1. The molecule has 0 saturated heterocycles. The number of benzene rings is 1. The third kappa shape index (κ3) is 3.90. The summed E-state index contributed by atoms with van der Waals surface area (Å²) < 4.78 is 14.5. The lowest BCUT2D eigenvalue weighted by Crippen LogP contribution is -2.49. The summed E-state index contributed by atoms with van der Waals surface area (Å²) in [5, 5.41) is 17.7. The summed E-state index contributed by atoms with van der Waals surface area (Å²) in [4.78, 5) is 16.6. The van der Waals surface area contributed by atoms with E-state index in [9.17, 15) is 14.3 Å². The predicted molar refractivity (Wildman–Crippen MR) is 134 cm³/mol. The SMILES string of the molecule is CN1C=C2C(=C(C3=CCC(CC(=O)N(C)C4CC(O)C4)NC3)C1)NN=C1C=Cc3cc(F)cc2c31. The molecule has 0 aromatic heterocycles. The number of hydrogen-bond acceptors (Lipinski definition) is 6. The highest BCUT2D eigenvalue weighted by Gasteiger charge is 2.34. The highest BCUT2D eigenvalue weighted by Crippen LogP contribution is 2.39. The van der Waals surface area contributed by atoms with Gasteiger partial charge in [-0.1, -0.05) is 12.2 Å². The number of fused-ring (bicyclic) bond motifs is 2. The fourth-order valence-electron chi connectivity index (χ4n) is 5.65. The number of aliphatic hydroxyl groups is 1. The Labute approximate surface area is 204 Å². The van der Waals surface area contributed by atoms with Crippen LogP contribution in [0.15, 0.2) is 52.4 Å². The van der Waals surface area contributed by atoms with Crippen molar-refractivity contribution < 1.29 is 14.3 Å². The van der Waals surface area contributed by atoms with Gasteiger partial charge >= 0.3 is 0 Å². The summed E-state index contributed by atoms with van der Waals surface area (Å²) in [5.41, 5.74) is 10.9. The van der Waals surface area contributed by atoms with Gasteiger partial charge < -0.3 is 20.2 Å². The van der Waals surface area contributed by atoms with Crippen LogP contribution in [-0.4, -0.2) is 71.9 Å². The molecule has 0 spiro atoms. The first-order valence-electron chi connectivity index (χ1n) is 12.3. The van der Waals surface area contributed by atoms with Gasteiger partial charge in [0.25, 0.3) is 0 Å². The molecule has 3 heterocycles. The van der Waals surface area contributed by atoms with Crippen LogP contribution in [0.1, 0.15) is 42.4 Å². The van der Waals surface area contributed by atoms with E-state index in [0.717, 1.165) is 45.7 Å². The Morgan fingerprint density at radius 1 is 1.31 bits per heavy atom. The number of carbonyl (C=O) groups is 1. The van der Waals surface area contributed by atoms with E-state index >= 15 is 0 Å². The van der Waals surface area contributed by atoms with Crippen molar-refractivity contribution in [2.45, 2.75) is 43.9 Å². The van der Waals surface area contributed by atoms with E-state index in [1.807, 2.05) is 26.2 Å². The highest BCUT2D eigenvalue weighted by molar-refractivity contribution is 6.20. The van der Waals surface area contributed by atoms with E-state index in [1.54, 1.807) is 17.0 Å². The topological polar surface area (TPSA) is 80.2 Å². The monoisotopic (exact) mass is 475 g/mol. The Morgan fingerprint density at radius 3 is 2.89 bits per heavy atom. The lowest BCUT2D eigenvalue weighted by molar-refractivity contribution is -0.136. The van der Waals surface area contributed by atoms with Crippen molar-refractivity contribution >= 4 is 23.3 Å². The maximum absolute atomic E-state index is 14.5. The average Bonchev–Trinajstić information content (AvgIpc) is 3.15. The van der Waals surface area contributed by atoms with E-state index in [1.165, 1.54) is 5.57 Å². The minimum Gasteiger partial charge on any atom is -0.393 e. The second kappa shape index (κ2) is 8.46. The number of hydrogen-bond donors (Lipinski definition) is 3. The Bertz CT molecular complexity index is 1250. The Morgan fingerprint density at radius 2 is 2.14 bits per heavy atom. The summed E-state index contributed by atoms with van der Waals surface area (Å²) >= 11 is 0. The number of carbonyl (C=O) groups excluding carboxylic acids is 1. The Kier molecular flexibility index (Phi) is 5.38. The number of aliphatic hydroxyl groups excluding tert-OH is 1. The van der Waals surface area contributed by atoms with E-state index in [4.69, 9.17) is 0 Å². The maximum Gasteiger partial charge on any atom is 0.224 e. The van der Waals surface area contributed by atoms with Crippen molar-refractivity contribution in [1.82, 2.24) is 20.5 Å². The van der Waals surface area contributed by atoms with E-state index in [0.29, 0.717) is 32.4 Å². The molecule has 8 heteroatoms. The van der Waals surface area contributed by atoms with Crippen molar-refractivity contribution in [3.63, 3.8) is 0 Å². The fraction of sp³-hybridized carbons (Fsp3) is 0.407. The van der Waals surface area contributed by atoms with Gasteiger partial charge in [-0.2, -0.15) is 5.10 Å². The van der Waals surface area contributed by atoms with Crippen molar-refractivity contribution in [3.8, 4) is 0 Å². The van der Waals surface area contributed by atoms with Gasteiger partial charge in [-0.3, -0.25) is 10.2 Å². The van der Waals surface area contributed by atoms with Crippen LogP contribution in [-0.2, 0) is 4.79 Å². The molecule has 1 unspecified atom stereocenters. The van der Waals surface area contributed by atoms with Crippen LogP contribution < -0.4 is 10.7 Å². The number of hydrazone groups is 1. The van der Waals surface area contributed by atoms with Crippen LogP contribution in [0.3, 0.4) is 0 Å². The molecule has 0 radical (unpaired) electrons. The number of halogens is 1. The van der Waals surface area contributed by atoms with Gasteiger partial charge in [-0.05, 0) is 54.2 Å². The van der Waals surface area contributed by atoms with E-state index < -0.39 is 0 Å². The number of allylic oxidation sites excluding steroid dienone is 2. The van der Waals surface area contributed by atoms with Gasteiger partial charge in [0, 0.05) is 68.6 Å². The minimum atomic E-state index is -0.270. The molecular formula is C27H30FN5O2. The van der Waals surface area contributed by atoms with Gasteiger partial charge in [0.1, 0.15) is 5.82 Å². The number of amides is 1. The molecule has 6 rings (SSSR count). The number of rotatable bonds is 4. The molecule has 3 N–H and O–H groups in total. The third-order valence-corrected chi connectivity index (χ3v) is 7.78. The van der Waals surface area contributed by atoms with Crippen molar-refractivity contribution in [2.75, 3.05) is 27.2 Å². The number of nitrogens with zero attached hydrogens (tertiary/aromatic N) is 3. The highest BCUT2D eigenvalue weighted by atomic mass is 19.1. The summed E-state index contributed by atoms with van der Waals surface area (Å²) in [6, 6.07) is 3.40. The quantitative estimate of drug-likeness (QED) is 0.623. The summed E-state index contributed by atoms with van der Waals surface area (Å²) in [6.07, 6.45) is 10.4. The van der Waals surface area contributed by atoms with Crippen LogP contribution in [0.4, 0.5) is 4.39 Å². The van der Waals surface area contributed by atoms with Gasteiger partial charge in [0.2, 0.25) is 5.91 Å². The molecule has 7 nitrogen and oxygen atoms in total. The van der Waals surface area contributed by atoms with Crippen molar-refractivity contribution in [2.24, 2.45) is 5.10 Å². The molecule has 3 aliphatic heterocycles. The van der Waals surface area contributed by atoms with Gasteiger partial charge in [-0.15, -0.1) is 0 Å². The molecule has 35 heavy (non-hydrogen) atoms. The normalized spacial score (nSPS) is 26.6. The molecule has 1 aromatic carbocycles. The Balaban J connectivity index is 1.25. The first-order valence-corrected chi connectivity index (χ1v) is 12.3. The fourth-order valence-corrected chi connectivity index (χ4v) is 5.65. The molecular weight excluding hydrogens is 445 g/mol. The standard InChI is InChI=1S/C27H30FN5O2/c1-32-13-22(16-3-5-18(29-12-16)9-25(35)33(2)19-10-20(34)11-19)27-23(14-32)21-8-17(28)7-15-4-6-24(26(15)21)30-31-27/h3-4,6-8,14,18-20,29,31,34H,5,9-13H2,1-2H3. The predicted octanol–water partition coefficient (Wildman–Crippen LogP) is 2.36. The largest absolute Gasteiger partial charge is 0.393 e. The average molecular weight is 476 g/mol. The molecule has 0 bridgehead atoms. The molecule has 1 atom stereocenters. The van der Waals surface area contributed by atoms with E-state index in [2.05, 4.69) is 33.0 Å². The van der Waals surface area contributed by atoms with Crippen LogP contribution in [0.5, 0.6) is 0 Å². The minimum absolute atomic E-state index is 0.0838. The molecule has 1 saturated carbocycles. The smallest absolute Gasteiger partial charge is 0.224 e. The molecule has 1 amide bonds. The van der Waals surface area contributed by atoms with E-state index in [-0.39, 0.29) is 29.9 Å². The van der Waals surface area contributed by atoms with Crippen LogP contribution in [0.2, 0.25) is 0 Å². The zero-order valence-electron chi connectivity index (χ0n) is 20.0. The van der Waals surface area contributed by atoms with Gasteiger partial charge in [0.15, 0.2) is 0 Å². The zero-order chi connectivity index (χ0) is 24.3. The maximum atomic E-state index is 14.5. The molecule has 1 fully saturated rings. The first-order chi connectivity index (χ1) is 16.9. The third-order valence-electron chi connectivity index (χ3n) is 7.78. The van der Waals surface area contributed by atoms with Crippen LogP contribution >= 0.6 is 0 Å². The lowest BCUT2D eigenvalue weighted by atomic mass is 9.87.